The Labute approximate surface area is 121 Å². The normalized spacial score (nSPS) is 11.1. The predicted octanol–water partition coefficient (Wildman–Crippen LogP) is 3.34. The van der Waals surface area contributed by atoms with E-state index in [2.05, 4.69) is 53.8 Å². The number of hydrogen-bond donors (Lipinski definition) is 1. The molecule has 0 fully saturated rings. The van der Waals surface area contributed by atoms with Crippen molar-refractivity contribution in [3.05, 3.63) is 48.2 Å². The number of methoxy groups -OCH3 is 1. The van der Waals surface area contributed by atoms with Gasteiger partial charge in [0.1, 0.15) is 0 Å². The molecule has 3 heteroatoms. The van der Waals surface area contributed by atoms with E-state index in [9.17, 15) is 0 Å². The van der Waals surface area contributed by atoms with Crippen LogP contribution in [0.25, 0.3) is 10.9 Å². The summed E-state index contributed by atoms with van der Waals surface area (Å²) in [4.78, 5) is 0. The van der Waals surface area contributed by atoms with Crippen molar-refractivity contribution < 1.29 is 4.74 Å². The van der Waals surface area contributed by atoms with Crippen LogP contribution in [0.5, 0.6) is 0 Å². The van der Waals surface area contributed by atoms with Crippen molar-refractivity contribution in [1.29, 1.82) is 0 Å². The number of nitrogens with one attached hydrogen (secondary N) is 1. The van der Waals surface area contributed by atoms with Gasteiger partial charge in [0.05, 0.1) is 6.61 Å². The van der Waals surface area contributed by atoms with Gasteiger partial charge in [0.2, 0.25) is 0 Å². The molecule has 3 nitrogen and oxygen atoms in total. The Morgan fingerprint density at radius 3 is 2.95 bits per heavy atom. The van der Waals surface area contributed by atoms with E-state index in [1.165, 1.54) is 22.0 Å². The molecule has 20 heavy (non-hydrogen) atoms. The first kappa shape index (κ1) is 14.8. The number of allylic oxidation sites excluding steroid dienone is 1. The molecule has 0 unspecified atom stereocenters. The Kier molecular flexibility index (Phi) is 5.39. The zero-order valence-corrected chi connectivity index (χ0v) is 12.5. The molecule has 1 heterocycles. The Morgan fingerprint density at radius 1 is 1.35 bits per heavy atom. The van der Waals surface area contributed by atoms with E-state index in [0.717, 1.165) is 32.7 Å². The van der Waals surface area contributed by atoms with Gasteiger partial charge in [0.15, 0.2) is 0 Å². The third kappa shape index (κ3) is 3.95. The minimum atomic E-state index is 0.747. The van der Waals surface area contributed by atoms with E-state index >= 15 is 0 Å². The lowest BCUT2D eigenvalue weighted by atomic mass is 10.1. The summed E-state index contributed by atoms with van der Waals surface area (Å²) in [6.07, 6.45) is 3.19. The molecule has 0 aliphatic rings. The van der Waals surface area contributed by atoms with E-state index in [1.54, 1.807) is 7.11 Å². The number of hydrogen-bond acceptors (Lipinski definition) is 2. The van der Waals surface area contributed by atoms with E-state index < -0.39 is 0 Å². The first-order chi connectivity index (χ1) is 9.70. The highest BCUT2D eigenvalue weighted by Gasteiger charge is 2.02. The van der Waals surface area contributed by atoms with Crippen molar-refractivity contribution in [1.82, 2.24) is 9.88 Å². The third-order valence-corrected chi connectivity index (χ3v) is 3.43. The lowest BCUT2D eigenvalue weighted by Gasteiger charge is -2.08. The van der Waals surface area contributed by atoms with Crippen molar-refractivity contribution >= 4 is 10.9 Å². The number of fused-ring (bicyclic) bond motifs is 1. The highest BCUT2D eigenvalue weighted by Crippen LogP contribution is 2.18. The van der Waals surface area contributed by atoms with Gasteiger partial charge in [-0.15, -0.1) is 6.58 Å². The molecule has 2 aromatic rings. The zero-order chi connectivity index (χ0) is 14.4. The molecular weight excluding hydrogens is 248 g/mol. The summed E-state index contributed by atoms with van der Waals surface area (Å²) in [6.45, 7) is 9.56. The maximum atomic E-state index is 5.04. The van der Waals surface area contributed by atoms with Gasteiger partial charge in [-0.2, -0.15) is 0 Å². The molecule has 0 saturated heterocycles. The summed E-state index contributed by atoms with van der Waals surface area (Å²) < 4.78 is 7.34. The number of nitrogens with zero attached hydrogens (tertiary/aromatic N) is 1. The minimum absolute atomic E-state index is 0.747. The maximum Gasteiger partial charge on any atom is 0.0587 e. The first-order valence-electron chi connectivity index (χ1n) is 7.12. The summed E-state index contributed by atoms with van der Waals surface area (Å²) in [5.41, 5.74) is 3.84. The topological polar surface area (TPSA) is 26.2 Å². The monoisotopic (exact) mass is 272 g/mol. The molecule has 0 spiro atoms. The highest BCUT2D eigenvalue weighted by atomic mass is 16.5. The van der Waals surface area contributed by atoms with Gasteiger partial charge in [0.25, 0.3) is 0 Å². The smallest absolute Gasteiger partial charge is 0.0587 e. The Balaban J connectivity index is 2.06. The van der Waals surface area contributed by atoms with Crippen LogP contribution >= 0.6 is 0 Å². The van der Waals surface area contributed by atoms with Crippen molar-refractivity contribution in [3.8, 4) is 0 Å². The van der Waals surface area contributed by atoms with Crippen LogP contribution in [0.2, 0.25) is 0 Å². The molecule has 0 aliphatic heterocycles. The molecule has 1 aromatic heterocycles. The fraction of sp³-hybridized carbons (Fsp3) is 0.412. The van der Waals surface area contributed by atoms with Gasteiger partial charge in [-0.3, -0.25) is 0 Å². The lowest BCUT2D eigenvalue weighted by molar-refractivity contribution is 0.199. The lowest BCUT2D eigenvalue weighted by Crippen LogP contribution is -2.18. The number of aryl methyl sites for hydroxylation is 1. The SMILES string of the molecule is C=C(C)CCn1ccc2ccc(CNCCOC)cc21. The molecule has 1 N–H and O–H groups in total. The quantitative estimate of drug-likeness (QED) is 0.589. The van der Waals surface area contributed by atoms with Crippen molar-refractivity contribution in [2.75, 3.05) is 20.3 Å². The maximum absolute atomic E-state index is 5.04. The van der Waals surface area contributed by atoms with Crippen LogP contribution < -0.4 is 5.32 Å². The number of benzene rings is 1. The summed E-state index contributed by atoms with van der Waals surface area (Å²) >= 11 is 0. The molecule has 108 valence electrons. The largest absolute Gasteiger partial charge is 0.383 e. The van der Waals surface area contributed by atoms with Gasteiger partial charge in [0, 0.05) is 38.5 Å². The second-order valence-electron chi connectivity index (χ2n) is 5.28. The number of rotatable bonds is 8. The average Bonchev–Trinajstić information content (AvgIpc) is 2.84. The van der Waals surface area contributed by atoms with Crippen LogP contribution in [0.4, 0.5) is 0 Å². The van der Waals surface area contributed by atoms with Crippen LogP contribution in [0.1, 0.15) is 18.9 Å². The molecule has 0 bridgehead atoms. The zero-order valence-electron chi connectivity index (χ0n) is 12.5. The van der Waals surface area contributed by atoms with Gasteiger partial charge in [-0.1, -0.05) is 17.7 Å². The molecule has 0 atom stereocenters. The third-order valence-electron chi connectivity index (χ3n) is 3.43. The van der Waals surface area contributed by atoms with E-state index in [1.807, 2.05) is 0 Å². The fourth-order valence-electron chi connectivity index (χ4n) is 2.25. The Bertz CT molecular complexity index is 571. The summed E-state index contributed by atoms with van der Waals surface area (Å²) in [7, 11) is 1.72. The standard InChI is InChI=1S/C17H24N2O/c1-14(2)6-9-19-10-7-16-5-4-15(12-17(16)19)13-18-8-11-20-3/h4-5,7,10,12,18H,1,6,8-9,11,13H2,2-3H3. The van der Waals surface area contributed by atoms with Crippen molar-refractivity contribution in [3.63, 3.8) is 0 Å². The number of ether oxygens (including phenoxy) is 1. The van der Waals surface area contributed by atoms with Crippen molar-refractivity contribution in [2.24, 2.45) is 0 Å². The Hall–Kier alpha value is -1.58. The van der Waals surface area contributed by atoms with Gasteiger partial charge >= 0.3 is 0 Å². The van der Waals surface area contributed by atoms with E-state index in [-0.39, 0.29) is 0 Å². The molecule has 1 aromatic carbocycles. The summed E-state index contributed by atoms with van der Waals surface area (Å²) in [6, 6.07) is 8.83. The number of aromatic nitrogens is 1. The molecule has 0 radical (unpaired) electrons. The van der Waals surface area contributed by atoms with Crippen LogP contribution in [-0.4, -0.2) is 24.8 Å². The van der Waals surface area contributed by atoms with Crippen LogP contribution in [0.3, 0.4) is 0 Å². The molecular formula is C17H24N2O. The van der Waals surface area contributed by atoms with Crippen LogP contribution in [-0.2, 0) is 17.8 Å². The predicted molar refractivity (Wildman–Crippen MR) is 85.0 cm³/mol. The molecule has 0 saturated carbocycles. The molecule has 0 aliphatic carbocycles. The van der Waals surface area contributed by atoms with E-state index in [0.29, 0.717) is 0 Å². The average molecular weight is 272 g/mol. The van der Waals surface area contributed by atoms with Gasteiger partial charge < -0.3 is 14.6 Å². The van der Waals surface area contributed by atoms with Crippen molar-refractivity contribution in [2.45, 2.75) is 26.4 Å². The second-order valence-corrected chi connectivity index (χ2v) is 5.28. The molecule has 2 rings (SSSR count). The second kappa shape index (κ2) is 7.27. The first-order valence-corrected chi connectivity index (χ1v) is 7.12. The van der Waals surface area contributed by atoms with E-state index in [4.69, 9.17) is 4.74 Å². The van der Waals surface area contributed by atoms with Crippen LogP contribution in [0.15, 0.2) is 42.6 Å². The summed E-state index contributed by atoms with van der Waals surface area (Å²) in [5, 5.41) is 4.68. The molecule has 0 amide bonds. The van der Waals surface area contributed by atoms with Gasteiger partial charge in [-0.05, 0) is 36.4 Å². The fourth-order valence-corrected chi connectivity index (χ4v) is 2.25. The van der Waals surface area contributed by atoms with Crippen LogP contribution in [0, 0.1) is 0 Å². The summed E-state index contributed by atoms with van der Waals surface area (Å²) in [5.74, 6) is 0. The van der Waals surface area contributed by atoms with Gasteiger partial charge in [-0.25, -0.2) is 0 Å². The highest BCUT2D eigenvalue weighted by molar-refractivity contribution is 5.80. The minimum Gasteiger partial charge on any atom is -0.383 e. The Morgan fingerprint density at radius 2 is 2.20 bits per heavy atom.